The van der Waals surface area contributed by atoms with Crippen LogP contribution in [0.15, 0.2) is 12.2 Å². The zero-order chi connectivity index (χ0) is 15.4. The molecule has 0 saturated carbocycles. The van der Waals surface area contributed by atoms with E-state index in [9.17, 15) is 0 Å². The Morgan fingerprint density at radius 3 is 2.45 bits per heavy atom. The van der Waals surface area contributed by atoms with Crippen molar-refractivity contribution in [2.75, 3.05) is 5.88 Å². The van der Waals surface area contributed by atoms with Gasteiger partial charge in [0, 0.05) is 12.0 Å². The van der Waals surface area contributed by atoms with E-state index in [-0.39, 0.29) is 11.0 Å². The summed E-state index contributed by atoms with van der Waals surface area (Å²) in [5, 5.41) is 8.87. The topological polar surface area (TPSA) is 36.3 Å². The summed E-state index contributed by atoms with van der Waals surface area (Å²) >= 11 is 5.99. The molecule has 0 aromatic carbocycles. The van der Waals surface area contributed by atoms with Crippen LogP contribution in [0.25, 0.3) is 0 Å². The van der Waals surface area contributed by atoms with Gasteiger partial charge in [0.15, 0.2) is 0 Å². The molecule has 1 rings (SSSR count). The Kier molecular flexibility index (Phi) is 6.10. The van der Waals surface area contributed by atoms with Crippen molar-refractivity contribution in [3.05, 3.63) is 12.2 Å². The lowest BCUT2D eigenvalue weighted by Crippen LogP contribution is -2.30. The third-order valence-electron chi connectivity index (χ3n) is 4.72. The molecule has 0 aliphatic carbocycles. The standard InChI is InChI=1S/C17H28ClNO/c1-13(2)14(8-11-18)17(5,9-6-12-19)10-7-15-16(3,4)20-15/h6,9,13-15H,7-8,10-11H2,1-5H3/b9-6+/t14-,15?,17-/m1/s1. The molecule has 0 N–H and O–H groups in total. The van der Waals surface area contributed by atoms with Gasteiger partial charge >= 0.3 is 0 Å². The lowest BCUT2D eigenvalue weighted by atomic mass is 9.67. The number of halogens is 1. The molecule has 0 aromatic heterocycles. The Labute approximate surface area is 129 Å². The molecule has 0 amide bonds. The molecule has 1 fully saturated rings. The van der Waals surface area contributed by atoms with E-state index in [1.165, 1.54) is 0 Å². The van der Waals surface area contributed by atoms with Crippen LogP contribution in [0, 0.1) is 28.6 Å². The maximum atomic E-state index is 8.87. The molecule has 1 aliphatic heterocycles. The van der Waals surface area contributed by atoms with Gasteiger partial charge < -0.3 is 4.74 Å². The Hall–Kier alpha value is -0.520. The minimum absolute atomic E-state index is 0.0147. The average Bonchev–Trinajstić information content (AvgIpc) is 2.98. The number of hydrogen-bond donors (Lipinski definition) is 0. The summed E-state index contributed by atoms with van der Waals surface area (Å²) < 4.78 is 5.69. The highest BCUT2D eigenvalue weighted by Crippen LogP contribution is 2.45. The predicted octanol–water partition coefficient (Wildman–Crippen LogP) is 4.93. The maximum Gasteiger partial charge on any atom is 0.0908 e. The minimum Gasteiger partial charge on any atom is -0.367 e. The predicted molar refractivity (Wildman–Crippen MR) is 84.7 cm³/mol. The maximum absolute atomic E-state index is 8.87. The summed E-state index contributed by atoms with van der Waals surface area (Å²) in [6.45, 7) is 11.0. The molecule has 1 saturated heterocycles. The zero-order valence-corrected chi connectivity index (χ0v) is 14.2. The first-order valence-electron chi connectivity index (χ1n) is 7.58. The van der Waals surface area contributed by atoms with Crippen molar-refractivity contribution >= 4 is 11.6 Å². The summed E-state index contributed by atoms with van der Waals surface area (Å²) in [7, 11) is 0. The summed E-state index contributed by atoms with van der Waals surface area (Å²) in [4.78, 5) is 0. The van der Waals surface area contributed by atoms with E-state index < -0.39 is 0 Å². The van der Waals surface area contributed by atoms with Gasteiger partial charge in [-0.25, -0.2) is 0 Å². The molecule has 2 nitrogen and oxygen atoms in total. The van der Waals surface area contributed by atoms with E-state index in [1.54, 1.807) is 6.08 Å². The molecule has 0 spiro atoms. The van der Waals surface area contributed by atoms with E-state index in [4.69, 9.17) is 21.6 Å². The van der Waals surface area contributed by atoms with Gasteiger partial charge in [0.1, 0.15) is 0 Å². The van der Waals surface area contributed by atoms with Gasteiger partial charge in [0.2, 0.25) is 0 Å². The third-order valence-corrected chi connectivity index (χ3v) is 4.94. The normalized spacial score (nSPS) is 25.4. The van der Waals surface area contributed by atoms with Crippen molar-refractivity contribution in [2.45, 2.75) is 65.6 Å². The van der Waals surface area contributed by atoms with Crippen LogP contribution in [0.1, 0.15) is 53.9 Å². The quantitative estimate of drug-likeness (QED) is 0.362. The first kappa shape index (κ1) is 17.5. The van der Waals surface area contributed by atoms with Crippen LogP contribution >= 0.6 is 11.6 Å². The summed E-state index contributed by atoms with van der Waals surface area (Å²) in [6.07, 6.45) is 7.15. The van der Waals surface area contributed by atoms with Crippen LogP contribution < -0.4 is 0 Å². The first-order valence-corrected chi connectivity index (χ1v) is 8.11. The van der Waals surface area contributed by atoms with Crippen molar-refractivity contribution in [3.63, 3.8) is 0 Å². The van der Waals surface area contributed by atoms with Gasteiger partial charge in [-0.2, -0.15) is 5.26 Å². The molecule has 20 heavy (non-hydrogen) atoms. The van der Waals surface area contributed by atoms with E-state index in [1.807, 2.05) is 0 Å². The van der Waals surface area contributed by atoms with Gasteiger partial charge in [-0.15, -0.1) is 11.6 Å². The number of hydrogen-bond acceptors (Lipinski definition) is 2. The monoisotopic (exact) mass is 297 g/mol. The Morgan fingerprint density at radius 2 is 2.05 bits per heavy atom. The fourth-order valence-corrected chi connectivity index (χ4v) is 3.58. The van der Waals surface area contributed by atoms with Crippen LogP contribution in [0.4, 0.5) is 0 Å². The van der Waals surface area contributed by atoms with Crippen molar-refractivity contribution < 1.29 is 4.74 Å². The second-order valence-electron chi connectivity index (χ2n) is 7.05. The number of rotatable bonds is 8. The van der Waals surface area contributed by atoms with Gasteiger partial charge in [0.25, 0.3) is 0 Å². The fourth-order valence-electron chi connectivity index (χ4n) is 3.34. The smallest absolute Gasteiger partial charge is 0.0908 e. The van der Waals surface area contributed by atoms with Crippen LogP contribution in [-0.2, 0) is 4.74 Å². The van der Waals surface area contributed by atoms with E-state index in [0.29, 0.717) is 23.8 Å². The van der Waals surface area contributed by atoms with E-state index in [2.05, 4.69) is 46.8 Å². The highest BCUT2D eigenvalue weighted by molar-refractivity contribution is 6.17. The lowest BCUT2D eigenvalue weighted by molar-refractivity contribution is 0.163. The SMILES string of the molecule is CC(C)[C@@H](CCCl)[C@](C)(/C=C/C#N)CCC1OC1(C)C. The molecular weight excluding hydrogens is 270 g/mol. The average molecular weight is 298 g/mol. The number of nitrogens with zero attached hydrogens (tertiary/aromatic N) is 1. The molecule has 3 heteroatoms. The first-order chi connectivity index (χ1) is 9.27. The largest absolute Gasteiger partial charge is 0.367 e. The van der Waals surface area contributed by atoms with Crippen LogP contribution in [0.3, 0.4) is 0 Å². The molecule has 0 bridgehead atoms. The van der Waals surface area contributed by atoms with Gasteiger partial charge in [-0.3, -0.25) is 0 Å². The van der Waals surface area contributed by atoms with Gasteiger partial charge in [-0.1, -0.05) is 26.8 Å². The Balaban J connectivity index is 2.78. The molecule has 3 atom stereocenters. The molecule has 0 radical (unpaired) electrons. The van der Waals surface area contributed by atoms with Crippen molar-refractivity contribution in [1.29, 1.82) is 5.26 Å². The van der Waals surface area contributed by atoms with Crippen LogP contribution in [-0.4, -0.2) is 17.6 Å². The molecule has 1 heterocycles. The van der Waals surface area contributed by atoms with E-state index in [0.717, 1.165) is 19.3 Å². The minimum atomic E-state index is 0.0147. The van der Waals surface area contributed by atoms with Gasteiger partial charge in [0.05, 0.1) is 17.8 Å². The molecule has 114 valence electrons. The second-order valence-corrected chi connectivity index (χ2v) is 7.42. The Bertz CT molecular complexity index is 383. The molecule has 1 unspecified atom stereocenters. The van der Waals surface area contributed by atoms with Crippen LogP contribution in [0.5, 0.6) is 0 Å². The summed E-state index contributed by atoms with van der Waals surface area (Å²) in [5.41, 5.74) is 0.0560. The Morgan fingerprint density at radius 1 is 1.45 bits per heavy atom. The third kappa shape index (κ3) is 4.50. The van der Waals surface area contributed by atoms with E-state index >= 15 is 0 Å². The fraction of sp³-hybridized carbons (Fsp3) is 0.824. The number of alkyl halides is 1. The molecule has 0 aromatic rings. The highest BCUT2D eigenvalue weighted by Gasteiger charge is 2.48. The number of allylic oxidation sites excluding steroid dienone is 2. The van der Waals surface area contributed by atoms with Crippen molar-refractivity contribution in [3.8, 4) is 6.07 Å². The summed E-state index contributed by atoms with van der Waals surface area (Å²) in [5.74, 6) is 1.71. The zero-order valence-electron chi connectivity index (χ0n) is 13.4. The molecule has 1 aliphatic rings. The second kappa shape index (κ2) is 6.96. The lowest BCUT2D eigenvalue weighted by Gasteiger charge is -2.38. The summed E-state index contributed by atoms with van der Waals surface area (Å²) in [6, 6.07) is 2.13. The van der Waals surface area contributed by atoms with Crippen molar-refractivity contribution in [2.24, 2.45) is 17.3 Å². The molecular formula is C17H28ClNO. The number of nitriles is 1. The van der Waals surface area contributed by atoms with Gasteiger partial charge in [-0.05, 0) is 50.4 Å². The number of ether oxygens (including phenoxy) is 1. The van der Waals surface area contributed by atoms with Crippen molar-refractivity contribution in [1.82, 2.24) is 0 Å². The van der Waals surface area contributed by atoms with Crippen LogP contribution in [0.2, 0.25) is 0 Å². The number of epoxide rings is 1. The highest BCUT2D eigenvalue weighted by atomic mass is 35.5.